The molecule has 178 valence electrons. The summed E-state index contributed by atoms with van der Waals surface area (Å²) in [4.78, 5) is 21.7. The van der Waals surface area contributed by atoms with E-state index in [4.69, 9.17) is 23.1 Å². The van der Waals surface area contributed by atoms with Gasteiger partial charge >= 0.3 is 0 Å². The molecule has 7 nitrogen and oxygen atoms in total. The van der Waals surface area contributed by atoms with Gasteiger partial charge in [-0.1, -0.05) is 29.8 Å². The van der Waals surface area contributed by atoms with Gasteiger partial charge in [0, 0.05) is 22.5 Å². The monoisotopic (exact) mass is 483 g/mol. The zero-order valence-corrected chi connectivity index (χ0v) is 19.3. The zero-order valence-electron chi connectivity index (χ0n) is 18.5. The molecule has 1 aliphatic rings. The molecule has 1 fully saturated rings. The van der Waals surface area contributed by atoms with E-state index < -0.39 is 17.8 Å². The molecule has 0 spiro atoms. The van der Waals surface area contributed by atoms with Crippen molar-refractivity contribution in [3.8, 4) is 11.3 Å². The van der Waals surface area contributed by atoms with Crippen LogP contribution in [-0.2, 0) is 0 Å². The summed E-state index contributed by atoms with van der Waals surface area (Å²) >= 11 is 6.00. The van der Waals surface area contributed by atoms with Crippen molar-refractivity contribution in [2.75, 3.05) is 12.3 Å². The number of nitrogens with two attached hydrogens (primary N) is 2. The molecular weight excluding hydrogens is 457 g/mol. The first-order valence-electron chi connectivity index (χ1n) is 11.2. The van der Waals surface area contributed by atoms with E-state index in [1.54, 1.807) is 36.5 Å². The lowest BCUT2D eigenvalue weighted by Crippen LogP contribution is -2.31. The van der Waals surface area contributed by atoms with Gasteiger partial charge in [0.2, 0.25) is 0 Å². The number of carbonyl (C=O) groups is 1. The van der Waals surface area contributed by atoms with Crippen LogP contribution in [0.2, 0.25) is 5.02 Å². The fourth-order valence-corrected chi connectivity index (χ4v) is 4.48. The van der Waals surface area contributed by atoms with E-state index in [9.17, 15) is 14.3 Å². The number of hydrogen-bond donors (Lipinski definition) is 4. The first-order chi connectivity index (χ1) is 16.4. The Morgan fingerprint density at radius 1 is 1.21 bits per heavy atom. The van der Waals surface area contributed by atoms with E-state index in [-0.39, 0.29) is 29.9 Å². The number of aromatic nitrogens is 2. The molecule has 0 aliphatic heterocycles. The highest BCUT2D eigenvalue weighted by Crippen LogP contribution is 2.33. The number of aliphatic hydroxyl groups is 1. The number of nitrogens with one attached hydrogen (secondary N) is 1. The molecule has 9 heteroatoms. The third-order valence-corrected chi connectivity index (χ3v) is 6.47. The standard InChI is InChI=1S/C25H27ClFN5O2/c26-17-3-1-2-15(10-17)22(13-33)32-25(34)19-9-6-16(11-20(19)27)23-24(29)30-12-21(31-23)14-4-7-18(28)8-5-14/h1-3,6,9-12,14,18,22,33H,4-5,7-8,13,28H2,(H2,29,30)(H,32,34)/t14-,18+,22-/m1/s1. The van der Waals surface area contributed by atoms with Gasteiger partial charge in [0.15, 0.2) is 0 Å². The fraction of sp³-hybridized carbons (Fsp3) is 0.320. The number of anilines is 1. The van der Waals surface area contributed by atoms with Gasteiger partial charge in [-0.2, -0.15) is 0 Å². The van der Waals surface area contributed by atoms with Crippen molar-refractivity contribution >= 4 is 23.3 Å². The van der Waals surface area contributed by atoms with Crippen molar-refractivity contribution < 1.29 is 14.3 Å². The largest absolute Gasteiger partial charge is 0.394 e. The molecule has 0 bridgehead atoms. The smallest absolute Gasteiger partial charge is 0.254 e. The van der Waals surface area contributed by atoms with Crippen molar-refractivity contribution in [1.29, 1.82) is 0 Å². The van der Waals surface area contributed by atoms with Crippen LogP contribution < -0.4 is 16.8 Å². The predicted octanol–water partition coefficient (Wildman–Crippen LogP) is 3.97. The number of amides is 1. The Hall–Kier alpha value is -3.07. The molecule has 4 rings (SSSR count). The van der Waals surface area contributed by atoms with E-state index in [2.05, 4.69) is 15.3 Å². The van der Waals surface area contributed by atoms with E-state index in [0.717, 1.165) is 31.4 Å². The fourth-order valence-electron chi connectivity index (χ4n) is 4.28. The van der Waals surface area contributed by atoms with Crippen molar-refractivity contribution in [2.24, 2.45) is 5.73 Å². The quantitative estimate of drug-likeness (QED) is 0.420. The summed E-state index contributed by atoms with van der Waals surface area (Å²) in [7, 11) is 0. The number of nitrogens with zero attached hydrogens (tertiary/aromatic N) is 2. The SMILES string of the molecule is Nc1ncc([C@H]2CC[C@@H](N)CC2)nc1-c1ccc(C(=O)N[C@H](CO)c2cccc(Cl)c2)c(F)c1. The van der Waals surface area contributed by atoms with Gasteiger partial charge in [0.25, 0.3) is 5.91 Å². The second-order valence-electron chi connectivity index (χ2n) is 8.60. The summed E-state index contributed by atoms with van der Waals surface area (Å²) < 4.78 is 15.0. The number of benzene rings is 2. The van der Waals surface area contributed by atoms with Crippen LogP contribution in [-0.4, -0.2) is 33.6 Å². The van der Waals surface area contributed by atoms with Gasteiger partial charge in [-0.25, -0.2) is 14.4 Å². The van der Waals surface area contributed by atoms with Gasteiger partial charge in [-0.3, -0.25) is 4.79 Å². The van der Waals surface area contributed by atoms with Crippen molar-refractivity contribution in [3.05, 3.63) is 76.3 Å². The summed E-state index contributed by atoms with van der Waals surface area (Å²) in [5.74, 6) is -0.958. The lowest BCUT2D eigenvalue weighted by molar-refractivity contribution is 0.0912. The Morgan fingerprint density at radius 2 is 1.97 bits per heavy atom. The molecule has 2 aromatic carbocycles. The summed E-state index contributed by atoms with van der Waals surface area (Å²) in [6, 6.07) is 10.4. The number of halogens is 2. The molecule has 0 radical (unpaired) electrons. The minimum absolute atomic E-state index is 0.159. The maximum absolute atomic E-state index is 15.0. The van der Waals surface area contributed by atoms with Crippen LogP contribution in [0.1, 0.15) is 59.3 Å². The Balaban J connectivity index is 1.55. The minimum Gasteiger partial charge on any atom is -0.394 e. The highest BCUT2D eigenvalue weighted by Gasteiger charge is 2.23. The average Bonchev–Trinajstić information content (AvgIpc) is 2.83. The Bertz CT molecular complexity index is 1180. The second-order valence-corrected chi connectivity index (χ2v) is 9.04. The molecule has 6 N–H and O–H groups in total. The average molecular weight is 484 g/mol. The highest BCUT2D eigenvalue weighted by atomic mass is 35.5. The van der Waals surface area contributed by atoms with Crippen LogP contribution in [0.25, 0.3) is 11.3 Å². The molecule has 0 unspecified atom stereocenters. The number of hydrogen-bond acceptors (Lipinski definition) is 6. The third kappa shape index (κ3) is 5.35. The molecule has 1 aliphatic carbocycles. The molecule has 0 saturated heterocycles. The van der Waals surface area contributed by atoms with Gasteiger partial charge in [-0.05, 0) is 55.5 Å². The van der Waals surface area contributed by atoms with Gasteiger partial charge < -0.3 is 21.9 Å². The lowest BCUT2D eigenvalue weighted by Gasteiger charge is -2.25. The van der Waals surface area contributed by atoms with Crippen molar-refractivity contribution in [3.63, 3.8) is 0 Å². The number of nitrogen functional groups attached to an aromatic ring is 1. The Morgan fingerprint density at radius 3 is 2.65 bits per heavy atom. The number of carbonyl (C=O) groups excluding carboxylic acids is 1. The van der Waals surface area contributed by atoms with Crippen LogP contribution in [0, 0.1) is 5.82 Å². The lowest BCUT2D eigenvalue weighted by atomic mass is 9.84. The first kappa shape index (κ1) is 24.1. The predicted molar refractivity (Wildman–Crippen MR) is 130 cm³/mol. The van der Waals surface area contributed by atoms with Crippen LogP contribution in [0.4, 0.5) is 10.2 Å². The normalized spacial score (nSPS) is 18.9. The maximum Gasteiger partial charge on any atom is 0.254 e. The van der Waals surface area contributed by atoms with Crippen LogP contribution in [0.5, 0.6) is 0 Å². The van der Waals surface area contributed by atoms with Crippen LogP contribution in [0.15, 0.2) is 48.7 Å². The summed E-state index contributed by atoms with van der Waals surface area (Å²) in [5.41, 5.74) is 14.1. The topological polar surface area (TPSA) is 127 Å². The van der Waals surface area contributed by atoms with E-state index in [1.807, 2.05) is 0 Å². The molecule has 3 aromatic rings. The first-order valence-corrected chi connectivity index (χ1v) is 11.6. The van der Waals surface area contributed by atoms with Crippen LogP contribution in [0.3, 0.4) is 0 Å². The number of rotatable bonds is 6. The van der Waals surface area contributed by atoms with Gasteiger partial charge in [0.05, 0.1) is 30.1 Å². The summed E-state index contributed by atoms with van der Waals surface area (Å²) in [5, 5.41) is 12.8. The molecule has 1 aromatic heterocycles. The van der Waals surface area contributed by atoms with Crippen LogP contribution >= 0.6 is 11.6 Å². The van der Waals surface area contributed by atoms with Crippen molar-refractivity contribution in [2.45, 2.75) is 43.7 Å². The molecular formula is C25H27ClFN5O2. The minimum atomic E-state index is -0.730. The van der Waals surface area contributed by atoms with Gasteiger partial charge in [-0.15, -0.1) is 0 Å². The Labute approximate surface area is 202 Å². The second kappa shape index (κ2) is 10.5. The molecule has 1 saturated carbocycles. The van der Waals surface area contributed by atoms with Gasteiger partial charge in [0.1, 0.15) is 17.3 Å². The third-order valence-electron chi connectivity index (χ3n) is 6.24. The van der Waals surface area contributed by atoms with E-state index >= 15 is 0 Å². The maximum atomic E-state index is 15.0. The molecule has 1 heterocycles. The van der Waals surface area contributed by atoms with E-state index in [0.29, 0.717) is 21.8 Å². The van der Waals surface area contributed by atoms with Crippen molar-refractivity contribution in [1.82, 2.24) is 15.3 Å². The van der Waals surface area contributed by atoms with E-state index in [1.165, 1.54) is 12.1 Å². The molecule has 34 heavy (non-hydrogen) atoms. The highest BCUT2D eigenvalue weighted by molar-refractivity contribution is 6.30. The summed E-state index contributed by atoms with van der Waals surface area (Å²) in [6.45, 7) is -0.364. The summed E-state index contributed by atoms with van der Waals surface area (Å²) in [6.07, 6.45) is 5.36. The zero-order chi connectivity index (χ0) is 24.2. The number of aliphatic hydroxyl groups excluding tert-OH is 1. The molecule has 1 atom stereocenters. The molecule has 1 amide bonds. The Kier molecular flexibility index (Phi) is 7.41.